The number of methoxy groups -OCH3 is 1. The molecule has 10 heteroatoms. The van der Waals surface area contributed by atoms with E-state index in [2.05, 4.69) is 20.2 Å². The Labute approximate surface area is 187 Å². The normalized spacial score (nSPS) is 16.8. The van der Waals surface area contributed by atoms with Crippen LogP contribution in [0.2, 0.25) is 0 Å². The Morgan fingerprint density at radius 1 is 1.12 bits per heavy atom. The fourth-order valence-corrected chi connectivity index (χ4v) is 3.38. The van der Waals surface area contributed by atoms with Crippen LogP contribution in [0.5, 0.6) is 5.75 Å². The Morgan fingerprint density at radius 2 is 1.84 bits per heavy atom. The van der Waals surface area contributed by atoms with E-state index in [4.69, 9.17) is 14.0 Å². The minimum absolute atomic E-state index is 0.276. The number of hydrogen-bond donors (Lipinski definition) is 1. The maximum atomic E-state index is 13.4. The predicted octanol–water partition coefficient (Wildman–Crippen LogP) is 2.45. The van der Waals surface area contributed by atoms with Gasteiger partial charge in [0.15, 0.2) is 5.82 Å². The van der Waals surface area contributed by atoms with Crippen LogP contribution in [0.1, 0.15) is 38.1 Å². The molecule has 0 bridgehead atoms. The summed E-state index contributed by atoms with van der Waals surface area (Å²) < 4.78 is 17.7. The maximum Gasteiger partial charge on any atom is 0.494 e. The molecule has 0 radical (unpaired) electrons. The molecule has 1 aromatic carbocycles. The first-order valence-corrected chi connectivity index (χ1v) is 10.3. The number of rotatable bonds is 5. The van der Waals surface area contributed by atoms with Gasteiger partial charge in [0.25, 0.3) is 5.91 Å². The number of nitrogens with zero attached hydrogens (tertiary/aromatic N) is 4. The van der Waals surface area contributed by atoms with Crippen molar-refractivity contribution in [3.05, 3.63) is 48.3 Å². The summed E-state index contributed by atoms with van der Waals surface area (Å²) in [6.07, 6.45) is 1.48. The summed E-state index contributed by atoms with van der Waals surface area (Å²) >= 11 is 0. The average Bonchev–Trinajstić information content (AvgIpc) is 3.38. The van der Waals surface area contributed by atoms with Crippen LogP contribution in [0.3, 0.4) is 0 Å². The van der Waals surface area contributed by atoms with Crippen LogP contribution < -0.4 is 15.1 Å². The summed E-state index contributed by atoms with van der Waals surface area (Å²) in [5, 5.41) is 7.76. The maximum absolute atomic E-state index is 13.4. The van der Waals surface area contributed by atoms with Gasteiger partial charge in [-0.1, -0.05) is 12.1 Å². The van der Waals surface area contributed by atoms with E-state index >= 15 is 0 Å². The number of aromatic nitrogens is 4. The molecule has 9 nitrogen and oxygen atoms in total. The van der Waals surface area contributed by atoms with Gasteiger partial charge in [0.05, 0.1) is 23.9 Å². The number of carbonyl (C=O) groups is 1. The van der Waals surface area contributed by atoms with Crippen LogP contribution in [-0.2, 0) is 9.31 Å². The zero-order valence-electron chi connectivity index (χ0n) is 19.0. The molecule has 3 heterocycles. The number of carbonyl (C=O) groups excluding carboxylic acids is 1. The largest absolute Gasteiger partial charge is 0.496 e. The lowest BCUT2D eigenvalue weighted by molar-refractivity contribution is 0.00578. The van der Waals surface area contributed by atoms with Crippen LogP contribution in [-0.4, -0.2) is 58.6 Å². The number of pyridine rings is 1. The number of nitrogens with one attached hydrogen (secondary N) is 1. The van der Waals surface area contributed by atoms with E-state index in [-0.39, 0.29) is 5.91 Å². The third kappa shape index (κ3) is 3.87. The molecule has 1 saturated heterocycles. The van der Waals surface area contributed by atoms with Crippen molar-refractivity contribution in [3.8, 4) is 17.3 Å². The number of hydrogen-bond acceptors (Lipinski definition) is 7. The van der Waals surface area contributed by atoms with Crippen LogP contribution in [0.15, 0.2) is 42.7 Å². The fraction of sp³-hybridized carbons (Fsp3) is 0.364. The van der Waals surface area contributed by atoms with Crippen LogP contribution in [0.25, 0.3) is 11.5 Å². The van der Waals surface area contributed by atoms with Crippen molar-refractivity contribution in [1.29, 1.82) is 0 Å². The van der Waals surface area contributed by atoms with Gasteiger partial charge in [0.1, 0.15) is 23.6 Å². The standard InChI is InChI=1S/C22H26BN5O4/c1-21(2)22(3,4)32-23(31-21)14-10-11-17(30-6)15(12-14)20(29)28(5)18-9-7-8-16(26-18)19-24-13-25-27-19/h7-13H,1-6H3,(H,24,25,27). The first kappa shape index (κ1) is 22.0. The lowest BCUT2D eigenvalue weighted by atomic mass is 9.78. The minimum atomic E-state index is -0.587. The third-order valence-corrected chi connectivity index (χ3v) is 6.02. The summed E-state index contributed by atoms with van der Waals surface area (Å²) in [5.41, 5.74) is 0.740. The summed E-state index contributed by atoms with van der Waals surface area (Å²) in [6.45, 7) is 7.96. The summed E-state index contributed by atoms with van der Waals surface area (Å²) in [5.74, 6) is 1.16. The van der Waals surface area contributed by atoms with Crippen molar-refractivity contribution in [1.82, 2.24) is 20.2 Å². The number of ether oxygens (including phenoxy) is 1. The SMILES string of the molecule is COc1ccc(B2OC(C)(C)C(C)(C)O2)cc1C(=O)N(C)c1cccc(-c2nnc[nH]2)n1. The average molecular weight is 435 g/mol. The van der Waals surface area contributed by atoms with Crippen molar-refractivity contribution < 1.29 is 18.8 Å². The molecule has 32 heavy (non-hydrogen) atoms. The second-order valence-electron chi connectivity index (χ2n) is 8.63. The van der Waals surface area contributed by atoms with Crippen molar-refractivity contribution in [2.45, 2.75) is 38.9 Å². The van der Waals surface area contributed by atoms with E-state index in [0.29, 0.717) is 28.6 Å². The Kier molecular flexibility index (Phi) is 5.52. The highest BCUT2D eigenvalue weighted by atomic mass is 16.7. The molecule has 0 spiro atoms. The van der Waals surface area contributed by atoms with E-state index in [1.807, 2.05) is 39.8 Å². The molecule has 4 rings (SSSR count). The molecule has 1 aliphatic heterocycles. The summed E-state index contributed by atoms with van der Waals surface area (Å²) in [6, 6.07) is 10.7. The highest BCUT2D eigenvalue weighted by Crippen LogP contribution is 2.36. The van der Waals surface area contributed by atoms with E-state index in [1.165, 1.54) is 18.3 Å². The van der Waals surface area contributed by atoms with Gasteiger partial charge < -0.3 is 19.0 Å². The third-order valence-electron chi connectivity index (χ3n) is 6.02. The summed E-state index contributed by atoms with van der Waals surface area (Å²) in [7, 11) is 2.61. The first-order chi connectivity index (χ1) is 15.1. The van der Waals surface area contributed by atoms with Crippen LogP contribution in [0.4, 0.5) is 5.82 Å². The minimum Gasteiger partial charge on any atom is -0.496 e. The predicted molar refractivity (Wildman–Crippen MR) is 121 cm³/mol. The van der Waals surface area contributed by atoms with Gasteiger partial charge in [0, 0.05) is 7.05 Å². The fourth-order valence-electron chi connectivity index (χ4n) is 3.38. The number of benzene rings is 1. The number of aromatic amines is 1. The van der Waals surface area contributed by atoms with E-state index in [1.54, 1.807) is 31.3 Å². The molecule has 0 atom stereocenters. The smallest absolute Gasteiger partial charge is 0.494 e. The molecular formula is C22H26BN5O4. The van der Waals surface area contributed by atoms with Crippen molar-refractivity contribution in [2.24, 2.45) is 0 Å². The second kappa shape index (κ2) is 8.03. The molecule has 3 aromatic rings. The van der Waals surface area contributed by atoms with Crippen molar-refractivity contribution >= 4 is 24.3 Å². The van der Waals surface area contributed by atoms with Crippen molar-refractivity contribution in [3.63, 3.8) is 0 Å². The molecule has 1 fully saturated rings. The molecule has 0 unspecified atom stereocenters. The van der Waals surface area contributed by atoms with E-state index in [9.17, 15) is 4.79 Å². The van der Waals surface area contributed by atoms with E-state index < -0.39 is 18.3 Å². The lowest BCUT2D eigenvalue weighted by Crippen LogP contribution is -2.41. The van der Waals surface area contributed by atoms with Crippen LogP contribution >= 0.6 is 0 Å². The molecular weight excluding hydrogens is 409 g/mol. The van der Waals surface area contributed by atoms with Gasteiger partial charge in [-0.15, -0.1) is 10.2 Å². The second-order valence-corrected chi connectivity index (χ2v) is 8.63. The lowest BCUT2D eigenvalue weighted by Gasteiger charge is -2.32. The van der Waals surface area contributed by atoms with Crippen LogP contribution in [0, 0.1) is 0 Å². The van der Waals surface area contributed by atoms with Gasteiger partial charge in [-0.05, 0) is 57.4 Å². The Hall–Kier alpha value is -3.24. The van der Waals surface area contributed by atoms with Gasteiger partial charge in [-0.25, -0.2) is 4.98 Å². The highest BCUT2D eigenvalue weighted by Gasteiger charge is 2.51. The first-order valence-electron chi connectivity index (χ1n) is 10.3. The Balaban J connectivity index is 1.65. The number of amides is 1. The number of anilines is 1. The van der Waals surface area contributed by atoms with Gasteiger partial charge in [-0.3, -0.25) is 9.69 Å². The molecule has 0 aliphatic carbocycles. The van der Waals surface area contributed by atoms with Gasteiger partial charge in [0.2, 0.25) is 0 Å². The molecule has 1 amide bonds. The highest BCUT2D eigenvalue weighted by molar-refractivity contribution is 6.62. The van der Waals surface area contributed by atoms with Gasteiger partial charge >= 0.3 is 7.12 Å². The van der Waals surface area contributed by atoms with Gasteiger partial charge in [-0.2, -0.15) is 0 Å². The Bertz CT molecular complexity index is 1120. The van der Waals surface area contributed by atoms with E-state index in [0.717, 1.165) is 5.46 Å². The molecule has 2 aromatic heterocycles. The molecule has 0 saturated carbocycles. The number of H-pyrrole nitrogens is 1. The van der Waals surface area contributed by atoms with Crippen molar-refractivity contribution in [2.75, 3.05) is 19.1 Å². The summed E-state index contributed by atoms with van der Waals surface area (Å²) in [4.78, 5) is 22.3. The zero-order valence-corrected chi connectivity index (χ0v) is 19.0. The molecule has 1 N–H and O–H groups in total. The quantitative estimate of drug-likeness (QED) is 0.615. The monoisotopic (exact) mass is 435 g/mol. The molecule has 1 aliphatic rings. The topological polar surface area (TPSA) is 102 Å². The Morgan fingerprint density at radius 3 is 2.47 bits per heavy atom. The molecule has 166 valence electrons. The zero-order chi connectivity index (χ0) is 23.1.